The number of halogens is 1. The van der Waals surface area contributed by atoms with E-state index in [9.17, 15) is 4.79 Å². The van der Waals surface area contributed by atoms with Crippen molar-refractivity contribution < 1.29 is 4.42 Å². The zero-order valence-electron chi connectivity index (χ0n) is 18.0. The Morgan fingerprint density at radius 2 is 1.77 bits per heavy atom. The van der Waals surface area contributed by atoms with E-state index in [1.807, 2.05) is 55.4 Å². The first-order chi connectivity index (χ1) is 14.9. The summed E-state index contributed by atoms with van der Waals surface area (Å²) in [5.74, 6) is 0. The van der Waals surface area contributed by atoms with E-state index in [0.29, 0.717) is 17.0 Å². The molecule has 0 saturated carbocycles. The maximum Gasteiger partial charge on any atom is 0.362 e. The molecule has 0 unspecified atom stereocenters. The topological polar surface area (TPSA) is 67.4 Å². The molecule has 2 aromatic carbocycles. The second-order valence-corrected chi connectivity index (χ2v) is 8.28. The van der Waals surface area contributed by atoms with Crippen LogP contribution in [0, 0.1) is 0 Å². The van der Waals surface area contributed by atoms with Gasteiger partial charge in [0.15, 0.2) is 5.69 Å². The second-order valence-electron chi connectivity index (χ2n) is 7.42. The number of hydrogen-bond acceptors (Lipinski definition) is 6. The van der Waals surface area contributed by atoms with Crippen LogP contribution in [0.5, 0.6) is 0 Å². The van der Waals surface area contributed by atoms with Crippen molar-refractivity contribution >= 4 is 38.3 Å². The molecule has 0 amide bonds. The third-order valence-electron chi connectivity index (χ3n) is 5.31. The lowest BCUT2D eigenvalue weighted by molar-refractivity contribution is 0.550. The van der Waals surface area contributed by atoms with Crippen LogP contribution < -0.4 is 15.4 Å². The van der Waals surface area contributed by atoms with Crippen molar-refractivity contribution in [3.8, 4) is 16.9 Å². The first-order valence-corrected chi connectivity index (χ1v) is 10.9. The van der Waals surface area contributed by atoms with Gasteiger partial charge in [0.2, 0.25) is 0 Å². The highest BCUT2D eigenvalue weighted by molar-refractivity contribution is 9.10. The van der Waals surface area contributed by atoms with E-state index >= 15 is 0 Å². The van der Waals surface area contributed by atoms with E-state index in [-0.39, 0.29) is 0 Å². The van der Waals surface area contributed by atoms with Gasteiger partial charge in [0.1, 0.15) is 11.3 Å². The minimum atomic E-state index is -0.459. The minimum absolute atomic E-state index is 0.318. The second kappa shape index (κ2) is 8.55. The van der Waals surface area contributed by atoms with Gasteiger partial charge in [-0.2, -0.15) is 0 Å². The highest BCUT2D eigenvalue weighted by Gasteiger charge is 2.15. The van der Waals surface area contributed by atoms with Crippen molar-refractivity contribution in [3.05, 3.63) is 63.6 Å². The molecule has 0 aliphatic carbocycles. The molecule has 0 N–H and O–H groups in total. The number of hydrogen-bond donors (Lipinski definition) is 0. The third kappa shape index (κ3) is 4.07. The summed E-state index contributed by atoms with van der Waals surface area (Å²) in [5, 5.41) is 9.21. The summed E-state index contributed by atoms with van der Waals surface area (Å²) in [7, 11) is 3.99. The summed E-state index contributed by atoms with van der Waals surface area (Å²) >= 11 is 3.65. The van der Waals surface area contributed by atoms with Gasteiger partial charge in [-0.05, 0) is 54.0 Å². The fourth-order valence-corrected chi connectivity index (χ4v) is 4.14. The Labute approximate surface area is 189 Å². The summed E-state index contributed by atoms with van der Waals surface area (Å²) < 4.78 is 8.05. The fraction of sp³-hybridized carbons (Fsp3) is 0.261. The first-order valence-electron chi connectivity index (χ1n) is 10.1. The van der Waals surface area contributed by atoms with Crippen molar-refractivity contribution in [2.45, 2.75) is 13.8 Å². The predicted molar refractivity (Wildman–Crippen MR) is 128 cm³/mol. The summed E-state index contributed by atoms with van der Waals surface area (Å²) in [6.45, 7) is 5.91. The smallest absolute Gasteiger partial charge is 0.362 e. The number of aromatic nitrogens is 3. The standard InChI is InChI=1S/C23H24BrN5O2/c1-5-28(6-2)20-13-22-16(11-18(20)24)12-21(23(30)31-22)29-14-19(25-26-29)15-7-9-17(10-8-15)27(3)4/h7-14H,5-6H2,1-4H3. The van der Waals surface area contributed by atoms with Crippen molar-refractivity contribution in [3.63, 3.8) is 0 Å². The molecule has 0 radical (unpaired) electrons. The van der Waals surface area contributed by atoms with Gasteiger partial charge in [0.25, 0.3) is 0 Å². The zero-order valence-corrected chi connectivity index (χ0v) is 19.5. The Kier molecular flexibility index (Phi) is 5.82. The first kappa shape index (κ1) is 21.1. The van der Waals surface area contributed by atoms with Crippen LogP contribution in [-0.2, 0) is 0 Å². The van der Waals surface area contributed by atoms with Crippen LogP contribution in [0.2, 0.25) is 0 Å². The normalized spacial score (nSPS) is 11.1. The van der Waals surface area contributed by atoms with Crippen LogP contribution in [0.15, 0.2) is 62.3 Å². The molecule has 0 aliphatic rings. The molecule has 7 nitrogen and oxygen atoms in total. The molecular weight excluding hydrogens is 458 g/mol. The molecule has 160 valence electrons. The van der Waals surface area contributed by atoms with Gasteiger partial charge < -0.3 is 14.2 Å². The summed E-state index contributed by atoms with van der Waals surface area (Å²) in [6.07, 6.45) is 1.74. The molecule has 0 spiro atoms. The van der Waals surface area contributed by atoms with Crippen LogP contribution in [0.25, 0.3) is 27.9 Å². The highest BCUT2D eigenvalue weighted by Crippen LogP contribution is 2.31. The van der Waals surface area contributed by atoms with Gasteiger partial charge in [-0.25, -0.2) is 9.48 Å². The third-order valence-corrected chi connectivity index (χ3v) is 5.94. The van der Waals surface area contributed by atoms with Gasteiger partial charge in [-0.15, -0.1) is 5.10 Å². The SMILES string of the molecule is CCN(CC)c1cc2oc(=O)c(-n3cc(-c4ccc(N(C)C)cc4)nn3)cc2cc1Br. The number of fused-ring (bicyclic) bond motifs is 1. The van der Waals surface area contributed by atoms with Crippen LogP contribution >= 0.6 is 15.9 Å². The van der Waals surface area contributed by atoms with Crippen molar-refractivity contribution in [2.24, 2.45) is 0 Å². The maximum atomic E-state index is 12.7. The average molecular weight is 482 g/mol. The number of anilines is 2. The maximum absolute atomic E-state index is 12.7. The monoisotopic (exact) mass is 481 g/mol. The summed E-state index contributed by atoms with van der Waals surface area (Å²) in [4.78, 5) is 16.9. The average Bonchev–Trinajstić information content (AvgIpc) is 3.25. The highest BCUT2D eigenvalue weighted by atomic mass is 79.9. The van der Waals surface area contributed by atoms with Crippen LogP contribution in [0.4, 0.5) is 11.4 Å². The largest absolute Gasteiger partial charge is 0.421 e. The molecule has 0 bridgehead atoms. The van der Waals surface area contributed by atoms with E-state index < -0.39 is 5.63 Å². The van der Waals surface area contributed by atoms with Crippen molar-refractivity contribution in [1.82, 2.24) is 15.0 Å². The quantitative estimate of drug-likeness (QED) is 0.371. The van der Waals surface area contributed by atoms with E-state index in [0.717, 1.165) is 39.9 Å². The van der Waals surface area contributed by atoms with E-state index in [2.05, 4.69) is 45.0 Å². The van der Waals surface area contributed by atoms with Crippen molar-refractivity contribution in [2.75, 3.05) is 37.0 Å². The Morgan fingerprint density at radius 3 is 2.42 bits per heavy atom. The Bertz CT molecular complexity index is 1270. The van der Waals surface area contributed by atoms with Crippen LogP contribution in [0.1, 0.15) is 13.8 Å². The lowest BCUT2D eigenvalue weighted by atomic mass is 10.1. The van der Waals surface area contributed by atoms with Gasteiger partial charge in [0.05, 0.1) is 11.9 Å². The Morgan fingerprint density at radius 1 is 1.06 bits per heavy atom. The van der Waals surface area contributed by atoms with E-state index in [1.165, 1.54) is 4.68 Å². The van der Waals surface area contributed by atoms with Crippen LogP contribution in [-0.4, -0.2) is 42.2 Å². The van der Waals surface area contributed by atoms with Crippen LogP contribution in [0.3, 0.4) is 0 Å². The van der Waals surface area contributed by atoms with Gasteiger partial charge in [-0.1, -0.05) is 17.3 Å². The fourth-order valence-electron chi connectivity index (χ4n) is 3.53. The molecule has 31 heavy (non-hydrogen) atoms. The molecule has 4 rings (SSSR count). The molecule has 0 fully saturated rings. The number of benzene rings is 2. The van der Waals surface area contributed by atoms with Gasteiger partial charge >= 0.3 is 5.63 Å². The number of rotatable bonds is 6. The molecule has 2 aromatic heterocycles. The molecule has 0 aliphatic heterocycles. The van der Waals surface area contributed by atoms with E-state index in [4.69, 9.17) is 4.42 Å². The minimum Gasteiger partial charge on any atom is -0.421 e. The number of nitrogens with zero attached hydrogens (tertiary/aromatic N) is 5. The van der Waals surface area contributed by atoms with Gasteiger partial charge in [0, 0.05) is 54.4 Å². The molecule has 0 saturated heterocycles. The molecule has 0 atom stereocenters. The lowest BCUT2D eigenvalue weighted by Gasteiger charge is -2.22. The Balaban J connectivity index is 1.72. The van der Waals surface area contributed by atoms with E-state index in [1.54, 1.807) is 12.3 Å². The van der Waals surface area contributed by atoms with Crippen molar-refractivity contribution in [1.29, 1.82) is 0 Å². The molecular formula is C23H24BrN5O2. The molecule has 8 heteroatoms. The molecule has 2 heterocycles. The summed E-state index contributed by atoms with van der Waals surface area (Å²) in [6, 6.07) is 13.7. The summed E-state index contributed by atoms with van der Waals surface area (Å²) in [5.41, 5.74) is 4.10. The lowest BCUT2D eigenvalue weighted by Crippen LogP contribution is -2.22. The zero-order chi connectivity index (χ0) is 22.1. The van der Waals surface area contributed by atoms with Gasteiger partial charge in [-0.3, -0.25) is 0 Å². The molecule has 4 aromatic rings. The Hall–Kier alpha value is -3.13. The predicted octanol–water partition coefficient (Wildman–Crippen LogP) is 4.72.